The van der Waals surface area contributed by atoms with Crippen molar-refractivity contribution in [2.75, 3.05) is 11.9 Å². The molecule has 0 saturated carbocycles. The fraction of sp³-hybridized carbons (Fsp3) is 0.0435. The lowest BCUT2D eigenvalue weighted by molar-refractivity contribution is 0.479. The summed E-state index contributed by atoms with van der Waals surface area (Å²) in [6, 6.07) is 19.5. The summed E-state index contributed by atoms with van der Waals surface area (Å²) in [5.74, 6) is 2.08. The summed E-state index contributed by atoms with van der Waals surface area (Å²) in [5.41, 5.74) is 0.866. The molecular formula is C23H17N5OS2. The number of rotatable bonds is 6. The Bertz CT molecular complexity index is 1280. The highest BCUT2D eigenvalue weighted by molar-refractivity contribution is 7.99. The lowest BCUT2D eigenvalue weighted by Crippen LogP contribution is -2.12. The second kappa shape index (κ2) is 8.71. The largest absolute Gasteiger partial charge is 0.453 e. The van der Waals surface area contributed by atoms with E-state index in [-0.39, 0.29) is 0 Å². The minimum absolute atomic E-state index is 0.653. The highest BCUT2D eigenvalue weighted by atomic mass is 32.2. The van der Waals surface area contributed by atoms with Gasteiger partial charge in [-0.15, -0.1) is 0 Å². The molecule has 31 heavy (non-hydrogen) atoms. The van der Waals surface area contributed by atoms with Crippen LogP contribution in [0.1, 0.15) is 0 Å². The number of hydrogen-bond donors (Lipinski definition) is 0. The van der Waals surface area contributed by atoms with Gasteiger partial charge in [0.2, 0.25) is 0 Å². The zero-order chi connectivity index (χ0) is 21.0. The van der Waals surface area contributed by atoms with Crippen molar-refractivity contribution in [2.24, 2.45) is 0 Å². The smallest absolute Gasteiger partial charge is 0.193 e. The number of ether oxygens (including phenoxy) is 1. The number of anilines is 2. The van der Waals surface area contributed by atoms with E-state index in [4.69, 9.17) is 14.7 Å². The molecule has 4 aromatic heterocycles. The first-order valence-electron chi connectivity index (χ1n) is 9.52. The Kier molecular flexibility index (Phi) is 5.47. The Morgan fingerprint density at radius 3 is 2.55 bits per heavy atom. The van der Waals surface area contributed by atoms with Crippen molar-refractivity contribution in [3.63, 3.8) is 0 Å². The number of benzene rings is 1. The minimum atomic E-state index is 0.653. The topological polar surface area (TPSA) is 64.0 Å². The minimum Gasteiger partial charge on any atom is -0.453 e. The van der Waals surface area contributed by atoms with Crippen molar-refractivity contribution in [1.29, 1.82) is 0 Å². The molecular weight excluding hydrogens is 426 g/mol. The van der Waals surface area contributed by atoms with Crippen LogP contribution in [0.2, 0.25) is 0 Å². The maximum absolute atomic E-state index is 6.24. The number of hydrogen-bond acceptors (Lipinski definition) is 8. The Balaban J connectivity index is 1.52. The van der Waals surface area contributed by atoms with Gasteiger partial charge in [-0.05, 0) is 36.4 Å². The Morgan fingerprint density at radius 1 is 0.903 bits per heavy atom. The van der Waals surface area contributed by atoms with E-state index in [1.807, 2.05) is 78.8 Å². The lowest BCUT2D eigenvalue weighted by Gasteiger charge is -2.19. The summed E-state index contributed by atoms with van der Waals surface area (Å²) >= 11 is 3.13. The molecule has 1 aromatic carbocycles. The van der Waals surface area contributed by atoms with Crippen LogP contribution in [0.15, 0.2) is 95.2 Å². The third-order valence-corrected chi connectivity index (χ3v) is 6.45. The maximum Gasteiger partial charge on any atom is 0.193 e. The van der Waals surface area contributed by atoms with Gasteiger partial charge in [0.1, 0.15) is 16.1 Å². The number of aromatic nitrogens is 4. The van der Waals surface area contributed by atoms with E-state index in [1.165, 1.54) is 11.3 Å². The second-order valence-corrected chi connectivity index (χ2v) is 8.68. The van der Waals surface area contributed by atoms with Crippen molar-refractivity contribution in [3.8, 4) is 11.5 Å². The van der Waals surface area contributed by atoms with Gasteiger partial charge in [-0.3, -0.25) is 4.98 Å². The molecule has 0 fully saturated rings. The van der Waals surface area contributed by atoms with E-state index in [0.29, 0.717) is 11.6 Å². The predicted molar refractivity (Wildman–Crippen MR) is 125 cm³/mol. The van der Waals surface area contributed by atoms with Crippen LogP contribution >= 0.6 is 23.1 Å². The molecule has 152 valence electrons. The molecule has 0 amide bonds. The zero-order valence-electron chi connectivity index (χ0n) is 16.5. The lowest BCUT2D eigenvalue weighted by atomic mass is 10.3. The molecule has 0 aliphatic rings. The average Bonchev–Trinajstić information content (AvgIpc) is 3.25. The Hall–Kier alpha value is -3.49. The van der Waals surface area contributed by atoms with E-state index in [0.717, 1.165) is 31.0 Å². The van der Waals surface area contributed by atoms with Crippen LogP contribution in [0, 0.1) is 0 Å². The highest BCUT2D eigenvalue weighted by Gasteiger charge is 2.18. The van der Waals surface area contributed by atoms with Gasteiger partial charge in [-0.25, -0.2) is 15.0 Å². The molecule has 5 aromatic rings. The van der Waals surface area contributed by atoms with Crippen molar-refractivity contribution >= 4 is 44.4 Å². The Labute approximate surface area is 187 Å². The summed E-state index contributed by atoms with van der Waals surface area (Å²) in [4.78, 5) is 22.8. The van der Waals surface area contributed by atoms with Crippen molar-refractivity contribution in [2.45, 2.75) is 9.79 Å². The van der Waals surface area contributed by atoms with Crippen molar-refractivity contribution in [1.82, 2.24) is 19.9 Å². The number of para-hydroxylation sites is 1. The first-order chi connectivity index (χ1) is 15.3. The number of pyridine rings is 3. The van der Waals surface area contributed by atoms with Crippen LogP contribution in [-0.2, 0) is 0 Å². The van der Waals surface area contributed by atoms with Gasteiger partial charge in [-0.2, -0.15) is 0 Å². The molecule has 0 aliphatic carbocycles. The molecule has 0 N–H and O–H groups in total. The highest BCUT2D eigenvalue weighted by Crippen LogP contribution is 2.39. The average molecular weight is 444 g/mol. The molecule has 6 nitrogen and oxygen atoms in total. The molecule has 0 spiro atoms. The van der Waals surface area contributed by atoms with Gasteiger partial charge in [0.25, 0.3) is 0 Å². The van der Waals surface area contributed by atoms with Gasteiger partial charge >= 0.3 is 0 Å². The first kappa shape index (κ1) is 19.5. The normalized spacial score (nSPS) is 10.9. The third-order valence-electron chi connectivity index (χ3n) is 4.42. The van der Waals surface area contributed by atoms with Crippen LogP contribution < -0.4 is 9.64 Å². The van der Waals surface area contributed by atoms with Crippen molar-refractivity contribution < 1.29 is 4.74 Å². The van der Waals surface area contributed by atoms with Gasteiger partial charge in [0.15, 0.2) is 16.7 Å². The molecule has 5 rings (SSSR count). The summed E-state index contributed by atoms with van der Waals surface area (Å²) < 4.78 is 6.24. The monoisotopic (exact) mass is 443 g/mol. The van der Waals surface area contributed by atoms with Crippen LogP contribution in [0.3, 0.4) is 0 Å². The second-order valence-electron chi connectivity index (χ2n) is 6.58. The van der Waals surface area contributed by atoms with Gasteiger partial charge < -0.3 is 9.64 Å². The molecule has 0 unspecified atom stereocenters. The third kappa shape index (κ3) is 4.35. The van der Waals surface area contributed by atoms with Crippen LogP contribution in [0.25, 0.3) is 10.3 Å². The summed E-state index contributed by atoms with van der Waals surface area (Å²) in [6.45, 7) is 0. The first-order valence-corrected chi connectivity index (χ1v) is 11.2. The number of nitrogens with zero attached hydrogens (tertiary/aromatic N) is 5. The van der Waals surface area contributed by atoms with E-state index < -0.39 is 0 Å². The fourth-order valence-electron chi connectivity index (χ4n) is 2.95. The van der Waals surface area contributed by atoms with E-state index in [1.54, 1.807) is 30.4 Å². The van der Waals surface area contributed by atoms with E-state index in [9.17, 15) is 0 Å². The van der Waals surface area contributed by atoms with E-state index >= 15 is 0 Å². The van der Waals surface area contributed by atoms with Gasteiger partial charge in [0, 0.05) is 47.7 Å². The number of thiazole rings is 1. The van der Waals surface area contributed by atoms with Gasteiger partial charge in [-0.1, -0.05) is 41.3 Å². The fourth-order valence-corrected chi connectivity index (χ4v) is 4.63. The molecule has 0 saturated heterocycles. The standard InChI is InChI=1S/C23H17N5OS2/c1-28(23-27-19-8-5-11-25-22(19)31-23)21-20(29-16-6-3-2-4-7-16)14-18(15-26-21)30-17-9-12-24-13-10-17/h2-15H,1H3. The molecule has 0 aliphatic heterocycles. The molecule has 4 heterocycles. The zero-order valence-corrected chi connectivity index (χ0v) is 18.2. The van der Waals surface area contributed by atoms with E-state index in [2.05, 4.69) is 9.97 Å². The molecule has 0 bridgehead atoms. The molecule has 8 heteroatoms. The summed E-state index contributed by atoms with van der Waals surface area (Å²) in [7, 11) is 1.94. The quantitative estimate of drug-likeness (QED) is 0.310. The SMILES string of the molecule is CN(c1nc2cccnc2s1)c1ncc(Sc2ccncc2)cc1Oc1ccccc1. The Morgan fingerprint density at radius 2 is 1.74 bits per heavy atom. The number of fused-ring (bicyclic) bond motifs is 1. The van der Waals surface area contributed by atoms with Crippen molar-refractivity contribution in [3.05, 3.63) is 85.5 Å². The van der Waals surface area contributed by atoms with Gasteiger partial charge in [0.05, 0.1) is 0 Å². The summed E-state index contributed by atoms with van der Waals surface area (Å²) in [6.07, 6.45) is 7.18. The van der Waals surface area contributed by atoms with Crippen LogP contribution in [0.4, 0.5) is 10.9 Å². The summed E-state index contributed by atoms with van der Waals surface area (Å²) in [5, 5.41) is 0.800. The predicted octanol–water partition coefficient (Wildman–Crippen LogP) is 6.19. The molecule has 0 atom stereocenters. The molecule has 0 radical (unpaired) electrons. The maximum atomic E-state index is 6.24. The van der Waals surface area contributed by atoms with Crippen LogP contribution in [0.5, 0.6) is 11.5 Å². The van der Waals surface area contributed by atoms with Crippen LogP contribution in [-0.4, -0.2) is 27.0 Å².